The molecule has 96 valence electrons. The molecule has 1 aliphatic heterocycles. The van der Waals surface area contributed by atoms with Crippen LogP contribution in [0, 0.1) is 11.3 Å². The van der Waals surface area contributed by atoms with E-state index >= 15 is 0 Å². The summed E-state index contributed by atoms with van der Waals surface area (Å²) >= 11 is 0. The molecule has 3 nitrogen and oxygen atoms in total. The Balaban J connectivity index is 1.74. The zero-order chi connectivity index (χ0) is 11.9. The molecule has 1 heterocycles. The first kappa shape index (κ1) is 11.7. The van der Waals surface area contributed by atoms with Crippen LogP contribution in [0.4, 0.5) is 0 Å². The minimum atomic E-state index is -0.455. The van der Waals surface area contributed by atoms with Gasteiger partial charge in [0, 0.05) is 39.1 Å². The molecule has 3 aliphatic rings. The molecule has 2 atom stereocenters. The third-order valence-electron chi connectivity index (χ3n) is 4.95. The summed E-state index contributed by atoms with van der Waals surface area (Å²) in [4.78, 5) is 2.41. The van der Waals surface area contributed by atoms with Crippen LogP contribution in [0.25, 0.3) is 0 Å². The van der Waals surface area contributed by atoms with Crippen LogP contribution in [0.5, 0.6) is 0 Å². The van der Waals surface area contributed by atoms with E-state index in [-0.39, 0.29) is 0 Å². The van der Waals surface area contributed by atoms with Crippen molar-refractivity contribution in [1.29, 1.82) is 0 Å². The average molecular weight is 237 g/mol. The predicted octanol–water partition coefficient (Wildman–Crippen LogP) is 2.39. The molecule has 3 rings (SSSR count). The monoisotopic (exact) mass is 237 g/mol. The molecule has 0 aromatic rings. The van der Waals surface area contributed by atoms with Crippen LogP contribution in [-0.4, -0.2) is 38.1 Å². The Kier molecular flexibility index (Phi) is 2.80. The molecule has 0 N–H and O–H groups in total. The SMILES string of the molecule is COC1(OC)CCCN1CC12C=CC(CC1)C2. The van der Waals surface area contributed by atoms with Crippen molar-refractivity contribution in [3.05, 3.63) is 12.2 Å². The highest BCUT2D eigenvalue weighted by atomic mass is 16.7. The molecule has 2 aliphatic carbocycles. The van der Waals surface area contributed by atoms with Crippen molar-refractivity contribution in [2.75, 3.05) is 27.3 Å². The van der Waals surface area contributed by atoms with Crippen molar-refractivity contribution < 1.29 is 9.47 Å². The van der Waals surface area contributed by atoms with E-state index in [9.17, 15) is 0 Å². The lowest BCUT2D eigenvalue weighted by Gasteiger charge is -2.39. The fourth-order valence-corrected chi connectivity index (χ4v) is 4.00. The molecule has 2 unspecified atom stereocenters. The summed E-state index contributed by atoms with van der Waals surface area (Å²) in [6.45, 7) is 2.20. The second-order valence-electron chi connectivity index (χ2n) is 5.87. The minimum Gasteiger partial charge on any atom is -0.341 e. The van der Waals surface area contributed by atoms with Crippen molar-refractivity contribution in [3.63, 3.8) is 0 Å². The Morgan fingerprint density at radius 3 is 2.65 bits per heavy atom. The molecule has 0 aromatic heterocycles. The van der Waals surface area contributed by atoms with Crippen LogP contribution in [0.3, 0.4) is 0 Å². The standard InChI is InChI=1S/C14H23NO2/c1-16-14(17-2)6-3-9-15(14)11-13-7-4-12(10-13)5-8-13/h4,7,12H,3,5-6,8-11H2,1-2H3. The molecule has 0 amide bonds. The largest absolute Gasteiger partial charge is 0.341 e. The summed E-state index contributed by atoms with van der Waals surface area (Å²) in [5, 5.41) is 0. The second-order valence-corrected chi connectivity index (χ2v) is 5.87. The molecule has 0 radical (unpaired) electrons. The molecule has 2 bridgehead atoms. The normalized spacial score (nSPS) is 39.3. The molecule has 1 saturated heterocycles. The summed E-state index contributed by atoms with van der Waals surface area (Å²) < 4.78 is 11.3. The quantitative estimate of drug-likeness (QED) is 0.553. The van der Waals surface area contributed by atoms with Gasteiger partial charge in [0.05, 0.1) is 0 Å². The number of methoxy groups -OCH3 is 2. The van der Waals surface area contributed by atoms with Gasteiger partial charge in [-0.25, -0.2) is 0 Å². The maximum Gasteiger partial charge on any atom is 0.229 e. The van der Waals surface area contributed by atoms with E-state index < -0.39 is 5.91 Å². The van der Waals surface area contributed by atoms with Crippen LogP contribution >= 0.6 is 0 Å². The van der Waals surface area contributed by atoms with Gasteiger partial charge in [-0.3, -0.25) is 4.90 Å². The Morgan fingerprint density at radius 1 is 1.29 bits per heavy atom. The lowest BCUT2D eigenvalue weighted by atomic mass is 9.87. The highest BCUT2D eigenvalue weighted by molar-refractivity contribution is 5.16. The first-order valence-electron chi connectivity index (χ1n) is 6.77. The van der Waals surface area contributed by atoms with Crippen LogP contribution < -0.4 is 0 Å². The number of hydrogen-bond donors (Lipinski definition) is 0. The number of nitrogens with zero attached hydrogens (tertiary/aromatic N) is 1. The summed E-state index contributed by atoms with van der Waals surface area (Å²) in [6.07, 6.45) is 11.1. The van der Waals surface area contributed by atoms with Gasteiger partial charge in [-0.15, -0.1) is 0 Å². The topological polar surface area (TPSA) is 21.7 Å². The summed E-state index contributed by atoms with van der Waals surface area (Å²) in [5.74, 6) is 0.389. The highest BCUT2D eigenvalue weighted by Gasteiger charge is 2.48. The van der Waals surface area contributed by atoms with Crippen molar-refractivity contribution in [1.82, 2.24) is 4.90 Å². The summed E-state index contributed by atoms with van der Waals surface area (Å²) in [5.41, 5.74) is 0.414. The number of rotatable bonds is 4. The summed E-state index contributed by atoms with van der Waals surface area (Å²) in [7, 11) is 3.53. The predicted molar refractivity (Wildman–Crippen MR) is 66.5 cm³/mol. The number of allylic oxidation sites excluding steroid dienone is 1. The molecule has 0 spiro atoms. The average Bonchev–Trinajstić information content (AvgIpc) is 3.03. The van der Waals surface area contributed by atoms with Crippen LogP contribution in [0.1, 0.15) is 32.1 Å². The molecule has 0 aromatic carbocycles. The van der Waals surface area contributed by atoms with Gasteiger partial charge in [-0.2, -0.15) is 0 Å². The third-order valence-corrected chi connectivity index (χ3v) is 4.95. The van der Waals surface area contributed by atoms with E-state index in [0.717, 1.165) is 25.4 Å². The van der Waals surface area contributed by atoms with E-state index in [1.54, 1.807) is 14.2 Å². The van der Waals surface area contributed by atoms with E-state index in [0.29, 0.717) is 5.41 Å². The fourth-order valence-electron chi connectivity index (χ4n) is 4.00. The van der Waals surface area contributed by atoms with Gasteiger partial charge in [0.1, 0.15) is 0 Å². The van der Waals surface area contributed by atoms with E-state index in [2.05, 4.69) is 17.1 Å². The van der Waals surface area contributed by atoms with Gasteiger partial charge in [0.15, 0.2) is 0 Å². The maximum atomic E-state index is 5.65. The Morgan fingerprint density at radius 2 is 2.12 bits per heavy atom. The zero-order valence-corrected chi connectivity index (χ0v) is 10.9. The maximum absolute atomic E-state index is 5.65. The Labute approximate surface area is 104 Å². The van der Waals surface area contributed by atoms with Crippen molar-refractivity contribution in [2.24, 2.45) is 11.3 Å². The smallest absolute Gasteiger partial charge is 0.229 e. The van der Waals surface area contributed by atoms with Gasteiger partial charge in [0.2, 0.25) is 5.91 Å². The van der Waals surface area contributed by atoms with Crippen molar-refractivity contribution in [3.8, 4) is 0 Å². The molecule has 3 heteroatoms. The first-order chi connectivity index (χ1) is 8.22. The lowest BCUT2D eigenvalue weighted by Crippen LogP contribution is -2.50. The number of likely N-dealkylation sites (tertiary alicyclic amines) is 1. The highest BCUT2D eigenvalue weighted by Crippen LogP contribution is 2.50. The second kappa shape index (κ2) is 4.08. The van der Waals surface area contributed by atoms with Gasteiger partial charge < -0.3 is 9.47 Å². The number of fused-ring (bicyclic) bond motifs is 2. The summed E-state index contributed by atoms with van der Waals surface area (Å²) in [6, 6.07) is 0. The minimum absolute atomic E-state index is 0.414. The third kappa shape index (κ3) is 1.76. The fraction of sp³-hybridized carbons (Fsp3) is 0.857. The van der Waals surface area contributed by atoms with Crippen molar-refractivity contribution >= 4 is 0 Å². The molecule has 17 heavy (non-hydrogen) atoms. The number of hydrogen-bond acceptors (Lipinski definition) is 3. The van der Waals surface area contributed by atoms with E-state index in [1.807, 2.05) is 0 Å². The van der Waals surface area contributed by atoms with E-state index in [1.165, 1.54) is 25.7 Å². The van der Waals surface area contributed by atoms with Crippen LogP contribution in [-0.2, 0) is 9.47 Å². The Bertz CT molecular complexity index is 324. The Hall–Kier alpha value is -0.380. The van der Waals surface area contributed by atoms with Gasteiger partial charge in [-0.1, -0.05) is 12.2 Å². The zero-order valence-electron chi connectivity index (χ0n) is 10.9. The van der Waals surface area contributed by atoms with Gasteiger partial charge in [0.25, 0.3) is 0 Å². The van der Waals surface area contributed by atoms with Gasteiger partial charge in [-0.05, 0) is 31.6 Å². The molecular formula is C14H23NO2. The van der Waals surface area contributed by atoms with E-state index in [4.69, 9.17) is 9.47 Å². The number of ether oxygens (including phenoxy) is 2. The van der Waals surface area contributed by atoms with Gasteiger partial charge >= 0.3 is 0 Å². The van der Waals surface area contributed by atoms with Crippen molar-refractivity contribution in [2.45, 2.75) is 38.0 Å². The lowest BCUT2D eigenvalue weighted by molar-refractivity contribution is -0.282. The van der Waals surface area contributed by atoms with Crippen LogP contribution in [0.15, 0.2) is 12.2 Å². The molecule has 2 fully saturated rings. The first-order valence-corrected chi connectivity index (χ1v) is 6.77. The molecule has 1 saturated carbocycles. The molecular weight excluding hydrogens is 214 g/mol. The van der Waals surface area contributed by atoms with Crippen LogP contribution in [0.2, 0.25) is 0 Å².